The van der Waals surface area contributed by atoms with Crippen molar-refractivity contribution < 1.29 is 9.53 Å². The minimum Gasteiger partial charge on any atom is -0.373 e. The SMILES string of the molecule is CC1(CNC(=O)C2CCCC2N)CCCO1. The zero-order valence-electron chi connectivity index (χ0n) is 10.00. The van der Waals surface area contributed by atoms with E-state index < -0.39 is 0 Å². The fourth-order valence-electron chi connectivity index (χ4n) is 2.70. The molecular formula is C12H22N2O2. The number of hydrogen-bond donors (Lipinski definition) is 2. The molecule has 1 aliphatic heterocycles. The Balaban J connectivity index is 1.79. The molecule has 1 saturated carbocycles. The zero-order chi connectivity index (χ0) is 11.6. The Labute approximate surface area is 96.9 Å². The molecule has 2 fully saturated rings. The third-order valence-corrected chi connectivity index (χ3v) is 3.84. The van der Waals surface area contributed by atoms with Gasteiger partial charge in [0, 0.05) is 19.2 Å². The first-order valence-corrected chi connectivity index (χ1v) is 6.28. The van der Waals surface area contributed by atoms with E-state index in [1.165, 1.54) is 0 Å². The number of rotatable bonds is 3. The normalized spacial score (nSPS) is 38.9. The Hall–Kier alpha value is -0.610. The van der Waals surface area contributed by atoms with Gasteiger partial charge < -0.3 is 15.8 Å². The summed E-state index contributed by atoms with van der Waals surface area (Å²) < 4.78 is 5.63. The Bertz CT molecular complexity index is 262. The molecule has 0 aromatic carbocycles. The summed E-state index contributed by atoms with van der Waals surface area (Å²) in [6.45, 7) is 3.50. The van der Waals surface area contributed by atoms with Gasteiger partial charge in [0.1, 0.15) is 0 Å². The van der Waals surface area contributed by atoms with Gasteiger partial charge in [0.15, 0.2) is 0 Å². The molecule has 1 amide bonds. The van der Waals surface area contributed by atoms with Gasteiger partial charge in [-0.1, -0.05) is 6.42 Å². The van der Waals surface area contributed by atoms with E-state index in [0.29, 0.717) is 6.54 Å². The van der Waals surface area contributed by atoms with Crippen molar-refractivity contribution in [3.8, 4) is 0 Å². The molecule has 0 aromatic rings. The largest absolute Gasteiger partial charge is 0.373 e. The van der Waals surface area contributed by atoms with E-state index in [-0.39, 0.29) is 23.5 Å². The lowest BCUT2D eigenvalue weighted by atomic mass is 10.0. The van der Waals surface area contributed by atoms with Crippen LogP contribution in [0.2, 0.25) is 0 Å². The maximum atomic E-state index is 11.9. The highest BCUT2D eigenvalue weighted by atomic mass is 16.5. The molecule has 2 rings (SSSR count). The summed E-state index contributed by atoms with van der Waals surface area (Å²) in [6.07, 6.45) is 5.11. The van der Waals surface area contributed by atoms with Gasteiger partial charge in [0.25, 0.3) is 0 Å². The van der Waals surface area contributed by atoms with Crippen LogP contribution < -0.4 is 11.1 Å². The van der Waals surface area contributed by atoms with Crippen molar-refractivity contribution in [1.29, 1.82) is 0 Å². The first-order valence-electron chi connectivity index (χ1n) is 6.28. The van der Waals surface area contributed by atoms with Gasteiger partial charge in [-0.25, -0.2) is 0 Å². The summed E-state index contributed by atoms with van der Waals surface area (Å²) in [5.41, 5.74) is 5.75. The van der Waals surface area contributed by atoms with Crippen LogP contribution in [0.1, 0.15) is 39.0 Å². The molecule has 4 nitrogen and oxygen atoms in total. The summed E-state index contributed by atoms with van der Waals surface area (Å²) >= 11 is 0. The Morgan fingerprint density at radius 3 is 2.88 bits per heavy atom. The molecule has 3 unspecified atom stereocenters. The second-order valence-electron chi connectivity index (χ2n) is 5.32. The summed E-state index contributed by atoms with van der Waals surface area (Å²) in [4.78, 5) is 11.9. The van der Waals surface area contributed by atoms with Gasteiger partial charge in [0.05, 0.1) is 11.5 Å². The molecule has 92 valence electrons. The Morgan fingerprint density at radius 1 is 1.50 bits per heavy atom. The van der Waals surface area contributed by atoms with Crippen LogP contribution in [0.15, 0.2) is 0 Å². The van der Waals surface area contributed by atoms with E-state index in [9.17, 15) is 4.79 Å². The monoisotopic (exact) mass is 226 g/mol. The second kappa shape index (κ2) is 4.72. The van der Waals surface area contributed by atoms with E-state index in [1.54, 1.807) is 0 Å². The van der Waals surface area contributed by atoms with E-state index in [4.69, 9.17) is 10.5 Å². The van der Waals surface area contributed by atoms with Gasteiger partial charge in [-0.3, -0.25) is 4.79 Å². The number of carbonyl (C=O) groups is 1. The van der Waals surface area contributed by atoms with Crippen LogP contribution in [0.25, 0.3) is 0 Å². The maximum Gasteiger partial charge on any atom is 0.224 e. The van der Waals surface area contributed by atoms with E-state index in [2.05, 4.69) is 12.2 Å². The molecule has 3 N–H and O–H groups in total. The third kappa shape index (κ3) is 2.55. The average Bonchev–Trinajstić information content (AvgIpc) is 2.85. The minimum absolute atomic E-state index is 0.0185. The highest BCUT2D eigenvalue weighted by Gasteiger charge is 2.33. The van der Waals surface area contributed by atoms with Gasteiger partial charge in [-0.15, -0.1) is 0 Å². The van der Waals surface area contributed by atoms with Crippen molar-refractivity contribution in [2.24, 2.45) is 11.7 Å². The number of nitrogens with two attached hydrogens (primary N) is 1. The first kappa shape index (κ1) is 11.9. The Kier molecular flexibility index (Phi) is 3.50. The zero-order valence-corrected chi connectivity index (χ0v) is 10.00. The third-order valence-electron chi connectivity index (χ3n) is 3.84. The predicted molar refractivity (Wildman–Crippen MR) is 61.9 cm³/mol. The number of amides is 1. The molecule has 16 heavy (non-hydrogen) atoms. The number of nitrogens with one attached hydrogen (secondary N) is 1. The van der Waals surface area contributed by atoms with Gasteiger partial charge >= 0.3 is 0 Å². The molecule has 1 heterocycles. The lowest BCUT2D eigenvalue weighted by Crippen LogP contribution is -2.45. The van der Waals surface area contributed by atoms with Crippen LogP contribution >= 0.6 is 0 Å². The van der Waals surface area contributed by atoms with E-state index in [0.717, 1.165) is 38.7 Å². The standard InChI is InChI=1S/C12H22N2O2/c1-12(6-3-7-16-12)8-14-11(15)9-4-2-5-10(9)13/h9-10H,2-8,13H2,1H3,(H,14,15). The topological polar surface area (TPSA) is 64.4 Å². The molecular weight excluding hydrogens is 204 g/mol. The van der Waals surface area contributed by atoms with Crippen molar-refractivity contribution >= 4 is 5.91 Å². The molecule has 3 atom stereocenters. The Morgan fingerprint density at radius 2 is 2.31 bits per heavy atom. The number of hydrogen-bond acceptors (Lipinski definition) is 3. The summed E-state index contributed by atoms with van der Waals surface area (Å²) in [6, 6.07) is 0.0531. The first-order chi connectivity index (χ1) is 7.61. The maximum absolute atomic E-state index is 11.9. The second-order valence-corrected chi connectivity index (χ2v) is 5.32. The van der Waals surface area contributed by atoms with Gasteiger partial charge in [-0.2, -0.15) is 0 Å². The van der Waals surface area contributed by atoms with Crippen LogP contribution in [0.5, 0.6) is 0 Å². The quantitative estimate of drug-likeness (QED) is 0.748. The van der Waals surface area contributed by atoms with Crippen molar-refractivity contribution in [1.82, 2.24) is 5.32 Å². The predicted octanol–water partition coefficient (Wildman–Crippen LogP) is 0.799. The fraction of sp³-hybridized carbons (Fsp3) is 0.917. The van der Waals surface area contributed by atoms with E-state index >= 15 is 0 Å². The molecule has 0 spiro atoms. The fourth-order valence-corrected chi connectivity index (χ4v) is 2.70. The van der Waals surface area contributed by atoms with Crippen molar-refractivity contribution in [3.05, 3.63) is 0 Å². The van der Waals surface area contributed by atoms with Crippen LogP contribution in [-0.2, 0) is 9.53 Å². The molecule has 1 aliphatic carbocycles. The van der Waals surface area contributed by atoms with Crippen LogP contribution in [0.3, 0.4) is 0 Å². The van der Waals surface area contributed by atoms with Crippen molar-refractivity contribution in [2.75, 3.05) is 13.2 Å². The van der Waals surface area contributed by atoms with Crippen LogP contribution in [-0.4, -0.2) is 30.7 Å². The minimum atomic E-state index is -0.154. The van der Waals surface area contributed by atoms with Gasteiger partial charge in [-0.05, 0) is 32.6 Å². The number of carbonyl (C=O) groups excluding carboxylic acids is 1. The summed E-state index contributed by atoms with van der Waals surface area (Å²) in [5, 5.41) is 2.99. The van der Waals surface area contributed by atoms with Crippen LogP contribution in [0.4, 0.5) is 0 Å². The smallest absolute Gasteiger partial charge is 0.224 e. The molecule has 0 radical (unpaired) electrons. The molecule has 0 bridgehead atoms. The van der Waals surface area contributed by atoms with Crippen molar-refractivity contribution in [2.45, 2.75) is 50.7 Å². The number of ether oxygens (including phenoxy) is 1. The summed E-state index contributed by atoms with van der Waals surface area (Å²) in [5.74, 6) is 0.131. The highest BCUT2D eigenvalue weighted by Crippen LogP contribution is 2.26. The molecule has 2 aliphatic rings. The summed E-state index contributed by atoms with van der Waals surface area (Å²) in [7, 11) is 0. The lowest BCUT2D eigenvalue weighted by Gasteiger charge is -2.25. The highest BCUT2D eigenvalue weighted by molar-refractivity contribution is 5.79. The molecule has 0 aromatic heterocycles. The van der Waals surface area contributed by atoms with Crippen molar-refractivity contribution in [3.63, 3.8) is 0 Å². The van der Waals surface area contributed by atoms with Crippen LogP contribution in [0, 0.1) is 5.92 Å². The average molecular weight is 226 g/mol. The molecule has 1 saturated heterocycles. The lowest BCUT2D eigenvalue weighted by molar-refractivity contribution is -0.126. The molecule has 4 heteroatoms. The van der Waals surface area contributed by atoms with E-state index in [1.807, 2.05) is 0 Å². The van der Waals surface area contributed by atoms with Gasteiger partial charge in [0.2, 0.25) is 5.91 Å².